The van der Waals surface area contributed by atoms with Gasteiger partial charge in [-0.05, 0) is 46.2 Å². The predicted molar refractivity (Wildman–Crippen MR) is 90.4 cm³/mol. The van der Waals surface area contributed by atoms with Crippen LogP contribution in [0.5, 0.6) is 0 Å². The Morgan fingerprint density at radius 3 is 2.62 bits per heavy atom. The fourth-order valence-corrected chi connectivity index (χ4v) is 2.70. The Hall–Kier alpha value is -2.31. The number of carbonyl (C=O) groups excluding carboxylic acids is 1. The smallest absolute Gasteiger partial charge is 0.410 e. The summed E-state index contributed by atoms with van der Waals surface area (Å²) in [6, 6.07) is 4.97. The van der Waals surface area contributed by atoms with Crippen molar-refractivity contribution in [3.8, 4) is 0 Å². The van der Waals surface area contributed by atoms with Crippen molar-refractivity contribution in [1.29, 1.82) is 0 Å². The molecule has 1 aliphatic heterocycles. The summed E-state index contributed by atoms with van der Waals surface area (Å²) in [4.78, 5) is 31.4. The van der Waals surface area contributed by atoms with Crippen molar-refractivity contribution in [2.45, 2.75) is 45.8 Å². The maximum absolute atomic E-state index is 12.3. The van der Waals surface area contributed by atoms with Crippen LogP contribution in [0.15, 0.2) is 18.2 Å². The zero-order valence-corrected chi connectivity index (χ0v) is 14.7. The monoisotopic (exact) mass is 335 g/mol. The van der Waals surface area contributed by atoms with Crippen LogP contribution in [0.4, 0.5) is 10.6 Å². The van der Waals surface area contributed by atoms with E-state index in [1.807, 2.05) is 32.6 Å². The fraction of sp³-hybridized carbons (Fsp3) is 0.588. The van der Waals surface area contributed by atoms with Gasteiger partial charge < -0.3 is 19.6 Å². The molecule has 1 aromatic rings. The van der Waals surface area contributed by atoms with Crippen LogP contribution in [0.1, 0.15) is 44.6 Å². The highest BCUT2D eigenvalue weighted by molar-refractivity contribution is 5.85. The summed E-state index contributed by atoms with van der Waals surface area (Å²) in [7, 11) is 0. The van der Waals surface area contributed by atoms with Gasteiger partial charge in [0.2, 0.25) is 0 Å². The molecule has 2 rings (SSSR count). The number of hydrogen-bond donors (Lipinski definition) is 1. The van der Waals surface area contributed by atoms with Crippen LogP contribution in [0.2, 0.25) is 0 Å². The first kappa shape index (κ1) is 18.0. The third kappa shape index (κ3) is 4.59. The number of nitrogens with zero attached hydrogens (tertiary/aromatic N) is 3. The first-order valence-electron chi connectivity index (χ1n) is 8.12. The van der Waals surface area contributed by atoms with Gasteiger partial charge in [-0.3, -0.25) is 0 Å². The number of carboxylic acids is 1. The second-order valence-electron chi connectivity index (χ2n) is 7.01. The number of hydrogen-bond acceptors (Lipinski definition) is 5. The maximum atomic E-state index is 12.3. The number of amides is 1. The van der Waals surface area contributed by atoms with E-state index in [1.165, 1.54) is 6.07 Å². The van der Waals surface area contributed by atoms with Crippen molar-refractivity contribution < 1.29 is 19.4 Å². The zero-order chi connectivity index (χ0) is 17.9. The topological polar surface area (TPSA) is 83.0 Å². The summed E-state index contributed by atoms with van der Waals surface area (Å²) in [6.07, 6.45) is 0.450. The molecule has 1 saturated heterocycles. The van der Waals surface area contributed by atoms with Gasteiger partial charge >= 0.3 is 12.1 Å². The molecule has 0 saturated carbocycles. The van der Waals surface area contributed by atoms with Crippen molar-refractivity contribution in [1.82, 2.24) is 9.88 Å². The van der Waals surface area contributed by atoms with E-state index >= 15 is 0 Å². The van der Waals surface area contributed by atoms with Gasteiger partial charge in [0.05, 0.1) is 0 Å². The van der Waals surface area contributed by atoms with Crippen molar-refractivity contribution in [2.24, 2.45) is 0 Å². The van der Waals surface area contributed by atoms with Gasteiger partial charge in [-0.15, -0.1) is 0 Å². The highest BCUT2D eigenvalue weighted by Crippen LogP contribution is 2.20. The Labute approximate surface area is 142 Å². The molecule has 2 heterocycles. The lowest BCUT2D eigenvalue weighted by molar-refractivity contribution is 0.0251. The van der Waals surface area contributed by atoms with Crippen molar-refractivity contribution in [2.75, 3.05) is 24.5 Å². The summed E-state index contributed by atoms with van der Waals surface area (Å²) >= 11 is 0. The van der Waals surface area contributed by atoms with Crippen LogP contribution < -0.4 is 4.90 Å². The molecule has 0 radical (unpaired) electrons. The largest absolute Gasteiger partial charge is 0.477 e. The van der Waals surface area contributed by atoms with E-state index in [0.717, 1.165) is 6.42 Å². The molecule has 1 atom stereocenters. The quantitative estimate of drug-likeness (QED) is 0.894. The zero-order valence-electron chi connectivity index (χ0n) is 14.7. The molecule has 0 unspecified atom stereocenters. The molecule has 132 valence electrons. The number of aromatic nitrogens is 1. The molecule has 1 N–H and O–H groups in total. The second-order valence-corrected chi connectivity index (χ2v) is 7.01. The molecule has 0 aromatic carbocycles. The Bertz CT molecular complexity index is 612. The summed E-state index contributed by atoms with van der Waals surface area (Å²) in [5, 5.41) is 9.10. The molecule has 0 spiro atoms. The number of rotatable bonds is 2. The Kier molecular flexibility index (Phi) is 5.31. The van der Waals surface area contributed by atoms with Crippen LogP contribution >= 0.6 is 0 Å². The summed E-state index contributed by atoms with van der Waals surface area (Å²) in [5.41, 5.74) is -0.503. The van der Waals surface area contributed by atoms with E-state index < -0.39 is 11.6 Å². The molecule has 1 aliphatic rings. The lowest BCUT2D eigenvalue weighted by Crippen LogP contribution is -2.43. The van der Waals surface area contributed by atoms with Gasteiger partial charge in [-0.2, -0.15) is 0 Å². The SMILES string of the molecule is C[C@H]1CN(C(=O)OC(C)(C)C)CCCN1c1cccc(C(=O)O)n1. The van der Waals surface area contributed by atoms with E-state index in [1.54, 1.807) is 17.0 Å². The highest BCUT2D eigenvalue weighted by Gasteiger charge is 2.28. The molecular weight excluding hydrogens is 310 g/mol. The molecule has 0 bridgehead atoms. The number of carbonyl (C=O) groups is 2. The minimum Gasteiger partial charge on any atom is -0.477 e. The fourth-order valence-electron chi connectivity index (χ4n) is 2.70. The molecule has 0 aliphatic carbocycles. The average molecular weight is 335 g/mol. The van der Waals surface area contributed by atoms with Crippen molar-refractivity contribution in [3.05, 3.63) is 23.9 Å². The first-order chi connectivity index (χ1) is 11.2. The highest BCUT2D eigenvalue weighted by atomic mass is 16.6. The molecule has 7 nitrogen and oxygen atoms in total. The van der Waals surface area contributed by atoms with Crippen LogP contribution in [0.25, 0.3) is 0 Å². The third-order valence-electron chi connectivity index (χ3n) is 3.74. The number of anilines is 1. The standard InChI is InChI=1S/C17H25N3O4/c1-12-11-19(16(23)24-17(2,3)4)9-6-10-20(12)14-8-5-7-13(18-14)15(21)22/h5,7-8,12H,6,9-11H2,1-4H3,(H,21,22)/t12-/m0/s1. The molecule has 1 fully saturated rings. The Morgan fingerprint density at radius 1 is 1.29 bits per heavy atom. The average Bonchev–Trinajstić information content (AvgIpc) is 2.67. The van der Waals surface area contributed by atoms with Crippen LogP contribution in [-0.4, -0.2) is 58.3 Å². The summed E-state index contributed by atoms with van der Waals surface area (Å²) < 4.78 is 5.45. The lowest BCUT2D eigenvalue weighted by Gasteiger charge is -2.31. The van der Waals surface area contributed by atoms with E-state index in [9.17, 15) is 9.59 Å². The first-order valence-corrected chi connectivity index (χ1v) is 8.12. The number of carboxylic acid groups (broad SMARTS) is 1. The van der Waals surface area contributed by atoms with Crippen molar-refractivity contribution in [3.63, 3.8) is 0 Å². The van der Waals surface area contributed by atoms with Gasteiger partial charge in [0.25, 0.3) is 0 Å². The maximum Gasteiger partial charge on any atom is 0.410 e. The Morgan fingerprint density at radius 2 is 2.00 bits per heavy atom. The van der Waals surface area contributed by atoms with Gasteiger partial charge in [0.15, 0.2) is 5.69 Å². The van der Waals surface area contributed by atoms with Crippen LogP contribution in [0.3, 0.4) is 0 Å². The number of pyridine rings is 1. The van der Waals surface area contributed by atoms with E-state index in [4.69, 9.17) is 9.84 Å². The molecule has 1 aromatic heterocycles. The number of aromatic carboxylic acids is 1. The van der Waals surface area contributed by atoms with Crippen LogP contribution in [-0.2, 0) is 4.74 Å². The third-order valence-corrected chi connectivity index (χ3v) is 3.74. The second kappa shape index (κ2) is 7.07. The van der Waals surface area contributed by atoms with Gasteiger partial charge in [0.1, 0.15) is 11.4 Å². The summed E-state index contributed by atoms with van der Waals surface area (Å²) in [5.74, 6) is -0.428. The van der Waals surface area contributed by atoms with Gasteiger partial charge in [-0.25, -0.2) is 14.6 Å². The van der Waals surface area contributed by atoms with Gasteiger partial charge in [0, 0.05) is 25.7 Å². The van der Waals surface area contributed by atoms with E-state index in [2.05, 4.69) is 4.98 Å². The van der Waals surface area contributed by atoms with Gasteiger partial charge in [-0.1, -0.05) is 6.07 Å². The van der Waals surface area contributed by atoms with Crippen LogP contribution in [0, 0.1) is 0 Å². The minimum atomic E-state index is -1.05. The number of ether oxygens (including phenoxy) is 1. The summed E-state index contributed by atoms with van der Waals surface area (Å²) in [6.45, 7) is 9.36. The Balaban J connectivity index is 2.12. The molecule has 1 amide bonds. The lowest BCUT2D eigenvalue weighted by atomic mass is 10.2. The van der Waals surface area contributed by atoms with Crippen molar-refractivity contribution >= 4 is 17.9 Å². The van der Waals surface area contributed by atoms with E-state index in [-0.39, 0.29) is 17.8 Å². The van der Waals surface area contributed by atoms with E-state index in [0.29, 0.717) is 25.5 Å². The molecule has 7 heteroatoms. The molecule has 24 heavy (non-hydrogen) atoms. The minimum absolute atomic E-state index is 0.0107. The predicted octanol–water partition coefficient (Wildman–Crippen LogP) is 2.62. The molecular formula is C17H25N3O4. The normalized spacial score (nSPS) is 18.9.